The minimum atomic E-state index is -0.0247. The number of aliphatic hydroxyl groups excluding tert-OH is 1. The summed E-state index contributed by atoms with van der Waals surface area (Å²) in [4.78, 5) is 27.9. The summed E-state index contributed by atoms with van der Waals surface area (Å²) in [5.74, 6) is 0.487. The molecular formula is C48H95NO5. The van der Waals surface area contributed by atoms with Gasteiger partial charge in [-0.25, -0.2) is 0 Å². The lowest BCUT2D eigenvalue weighted by Crippen LogP contribution is -2.28. The number of ether oxygens (including phenoxy) is 2. The minimum Gasteiger partial charge on any atom is -0.465 e. The lowest BCUT2D eigenvalue weighted by Gasteiger charge is -2.22. The molecule has 0 aliphatic heterocycles. The number of aliphatic hydroxyl groups is 1. The van der Waals surface area contributed by atoms with Crippen LogP contribution in [0.3, 0.4) is 0 Å². The summed E-state index contributed by atoms with van der Waals surface area (Å²) in [6.07, 6.45) is 40.6. The molecule has 0 fully saturated rings. The molecule has 0 aromatic carbocycles. The van der Waals surface area contributed by atoms with E-state index in [2.05, 4.69) is 32.6 Å². The highest BCUT2D eigenvalue weighted by molar-refractivity contribution is 5.69. The number of esters is 2. The highest BCUT2D eigenvalue weighted by Crippen LogP contribution is 2.21. The van der Waals surface area contributed by atoms with Crippen molar-refractivity contribution >= 4 is 11.9 Å². The summed E-state index contributed by atoms with van der Waals surface area (Å²) in [6, 6.07) is 0. The quantitative estimate of drug-likeness (QED) is 0.0492. The maximum Gasteiger partial charge on any atom is 0.306 e. The predicted molar refractivity (Wildman–Crippen MR) is 232 cm³/mol. The van der Waals surface area contributed by atoms with Crippen molar-refractivity contribution < 1.29 is 24.2 Å². The average Bonchev–Trinajstić information content (AvgIpc) is 3.17. The second-order valence-electron chi connectivity index (χ2n) is 16.7. The molecule has 0 aliphatic rings. The van der Waals surface area contributed by atoms with Crippen LogP contribution in [0.15, 0.2) is 0 Å². The number of carbonyl (C=O) groups is 2. The van der Waals surface area contributed by atoms with Crippen LogP contribution in [0.4, 0.5) is 0 Å². The first-order valence-electron chi connectivity index (χ1n) is 24.2. The summed E-state index contributed by atoms with van der Waals surface area (Å²) in [7, 11) is 0. The standard InChI is InChI=1S/C48H95NO5/c1-5-9-13-17-20-26-35-45(34-25-16-12-8-4)44-53-47(51)38-29-23-31-40-49(42-33-43-50)41-32-24-30-39-48(52)54-46(36-27-21-18-14-10-6-2)37-28-22-19-15-11-7-3/h45-46,50H,5-44H2,1-4H3. The zero-order chi connectivity index (χ0) is 39.6. The van der Waals surface area contributed by atoms with Gasteiger partial charge in [-0.15, -0.1) is 0 Å². The number of carbonyl (C=O) groups excluding carboxylic acids is 2. The highest BCUT2D eigenvalue weighted by Gasteiger charge is 2.15. The van der Waals surface area contributed by atoms with Gasteiger partial charge in [0.05, 0.1) is 6.61 Å². The van der Waals surface area contributed by atoms with E-state index in [9.17, 15) is 14.7 Å². The molecule has 0 saturated heterocycles. The molecule has 0 aromatic rings. The molecule has 0 rings (SSSR count). The van der Waals surface area contributed by atoms with Crippen LogP contribution in [0.5, 0.6) is 0 Å². The Kier molecular flexibility index (Phi) is 42.1. The zero-order valence-corrected chi connectivity index (χ0v) is 37.0. The Morgan fingerprint density at radius 3 is 1.28 bits per heavy atom. The van der Waals surface area contributed by atoms with Crippen molar-refractivity contribution in [3.63, 3.8) is 0 Å². The molecule has 54 heavy (non-hydrogen) atoms. The van der Waals surface area contributed by atoms with E-state index in [-0.39, 0.29) is 24.6 Å². The Labute approximate surface area is 337 Å². The van der Waals surface area contributed by atoms with Gasteiger partial charge in [0.1, 0.15) is 6.10 Å². The fourth-order valence-corrected chi connectivity index (χ4v) is 7.67. The Balaban J connectivity index is 4.39. The molecule has 0 saturated carbocycles. The molecule has 0 amide bonds. The Hall–Kier alpha value is -1.14. The van der Waals surface area contributed by atoms with E-state index < -0.39 is 0 Å². The molecule has 322 valence electrons. The van der Waals surface area contributed by atoms with Gasteiger partial charge >= 0.3 is 11.9 Å². The van der Waals surface area contributed by atoms with Crippen LogP contribution in [0.25, 0.3) is 0 Å². The summed E-state index contributed by atoms with van der Waals surface area (Å²) >= 11 is 0. The fourth-order valence-electron chi connectivity index (χ4n) is 7.67. The Morgan fingerprint density at radius 2 is 0.815 bits per heavy atom. The first-order valence-corrected chi connectivity index (χ1v) is 24.2. The minimum absolute atomic E-state index is 0.00655. The number of nitrogens with zero attached hydrogens (tertiary/aromatic N) is 1. The maximum atomic E-state index is 12.8. The van der Waals surface area contributed by atoms with Crippen molar-refractivity contribution in [3.05, 3.63) is 0 Å². The van der Waals surface area contributed by atoms with Crippen LogP contribution in [0.1, 0.15) is 252 Å². The van der Waals surface area contributed by atoms with Crippen LogP contribution in [-0.2, 0) is 19.1 Å². The number of hydrogen-bond acceptors (Lipinski definition) is 6. The lowest BCUT2D eigenvalue weighted by atomic mass is 9.95. The lowest BCUT2D eigenvalue weighted by molar-refractivity contribution is -0.150. The van der Waals surface area contributed by atoms with Crippen molar-refractivity contribution in [1.29, 1.82) is 0 Å². The van der Waals surface area contributed by atoms with Gasteiger partial charge in [0.2, 0.25) is 0 Å². The zero-order valence-electron chi connectivity index (χ0n) is 37.0. The number of unbranched alkanes of at least 4 members (excludes halogenated alkanes) is 22. The molecule has 1 atom stereocenters. The fraction of sp³-hybridized carbons (Fsp3) is 0.958. The Morgan fingerprint density at radius 1 is 0.444 bits per heavy atom. The van der Waals surface area contributed by atoms with Gasteiger partial charge in [0, 0.05) is 26.0 Å². The molecule has 0 radical (unpaired) electrons. The number of rotatable bonds is 44. The van der Waals surface area contributed by atoms with Gasteiger partial charge in [-0.05, 0) is 89.6 Å². The molecule has 0 bridgehead atoms. The molecule has 6 nitrogen and oxygen atoms in total. The number of hydrogen-bond donors (Lipinski definition) is 1. The Bertz CT molecular complexity index is 760. The van der Waals surface area contributed by atoms with E-state index in [1.165, 1.54) is 154 Å². The van der Waals surface area contributed by atoms with Crippen LogP contribution in [-0.4, -0.2) is 60.9 Å². The third kappa shape index (κ3) is 37.8. The third-order valence-corrected chi connectivity index (χ3v) is 11.3. The van der Waals surface area contributed by atoms with Gasteiger partial charge in [0.25, 0.3) is 0 Å². The van der Waals surface area contributed by atoms with Crippen molar-refractivity contribution in [1.82, 2.24) is 4.90 Å². The van der Waals surface area contributed by atoms with Crippen LogP contribution >= 0.6 is 0 Å². The van der Waals surface area contributed by atoms with Gasteiger partial charge in [-0.1, -0.05) is 169 Å². The highest BCUT2D eigenvalue weighted by atomic mass is 16.5. The first-order chi connectivity index (χ1) is 26.5. The van der Waals surface area contributed by atoms with Gasteiger partial charge in [0.15, 0.2) is 0 Å². The van der Waals surface area contributed by atoms with Gasteiger partial charge in [-0.3, -0.25) is 9.59 Å². The van der Waals surface area contributed by atoms with E-state index in [1.54, 1.807) is 0 Å². The summed E-state index contributed by atoms with van der Waals surface area (Å²) in [5, 5.41) is 9.46. The average molecular weight is 766 g/mol. The molecule has 0 heterocycles. The van der Waals surface area contributed by atoms with Crippen LogP contribution in [0.2, 0.25) is 0 Å². The van der Waals surface area contributed by atoms with Crippen molar-refractivity contribution in [2.24, 2.45) is 5.92 Å². The van der Waals surface area contributed by atoms with Gasteiger partial charge < -0.3 is 19.5 Å². The smallest absolute Gasteiger partial charge is 0.306 e. The first kappa shape index (κ1) is 52.9. The summed E-state index contributed by atoms with van der Waals surface area (Å²) in [5.41, 5.74) is 0. The second-order valence-corrected chi connectivity index (χ2v) is 16.7. The normalized spacial score (nSPS) is 12.2. The van der Waals surface area contributed by atoms with Crippen molar-refractivity contribution in [3.8, 4) is 0 Å². The largest absolute Gasteiger partial charge is 0.465 e. The van der Waals surface area contributed by atoms with Crippen LogP contribution in [0, 0.1) is 5.92 Å². The summed E-state index contributed by atoms with van der Waals surface area (Å²) in [6.45, 7) is 12.7. The van der Waals surface area contributed by atoms with E-state index >= 15 is 0 Å². The van der Waals surface area contributed by atoms with E-state index in [0.29, 0.717) is 25.4 Å². The molecule has 1 unspecified atom stereocenters. The molecule has 6 heteroatoms. The van der Waals surface area contributed by atoms with Crippen molar-refractivity contribution in [2.75, 3.05) is 32.8 Å². The molecule has 0 spiro atoms. The van der Waals surface area contributed by atoms with Crippen molar-refractivity contribution in [2.45, 2.75) is 259 Å². The predicted octanol–water partition coefficient (Wildman–Crippen LogP) is 14.1. The third-order valence-electron chi connectivity index (χ3n) is 11.3. The monoisotopic (exact) mass is 766 g/mol. The SMILES string of the molecule is CCCCCCCCC(CCCCCC)COC(=O)CCCCCN(CCCO)CCCCCC(=O)OC(CCCCCCCC)CCCCCCCC. The second kappa shape index (κ2) is 43.0. The molecule has 1 N–H and O–H groups in total. The van der Waals surface area contributed by atoms with Gasteiger partial charge in [-0.2, -0.15) is 0 Å². The molecule has 0 aromatic heterocycles. The van der Waals surface area contributed by atoms with E-state index in [1.807, 2.05) is 0 Å². The maximum absolute atomic E-state index is 12.8. The molecule has 0 aliphatic carbocycles. The van der Waals surface area contributed by atoms with E-state index in [4.69, 9.17) is 9.47 Å². The summed E-state index contributed by atoms with van der Waals surface area (Å²) < 4.78 is 11.9. The topological polar surface area (TPSA) is 76.1 Å². The van der Waals surface area contributed by atoms with Crippen LogP contribution < -0.4 is 0 Å². The van der Waals surface area contributed by atoms with E-state index in [0.717, 1.165) is 77.4 Å². The molecular weight excluding hydrogens is 671 g/mol.